The van der Waals surface area contributed by atoms with Crippen molar-refractivity contribution >= 4 is 27.7 Å². The number of hydrogen-bond acceptors (Lipinski definition) is 8. The van der Waals surface area contributed by atoms with Crippen LogP contribution in [0.4, 0.5) is 0 Å². The van der Waals surface area contributed by atoms with E-state index < -0.39 is 42.6 Å². The third kappa shape index (κ3) is 6.50. The molecule has 9 atom stereocenters. The van der Waals surface area contributed by atoms with E-state index in [9.17, 15) is 30.0 Å². The number of fused-ring (bicyclic) bond motifs is 2. The summed E-state index contributed by atoms with van der Waals surface area (Å²) in [7, 11) is 0. The molecule has 0 aromatic heterocycles. The first-order valence-corrected chi connectivity index (χ1v) is 13.6. The Hall–Kier alpha value is -1.66. The topological polar surface area (TPSA) is 143 Å². The molecule has 4 rings (SSSR count). The van der Waals surface area contributed by atoms with Crippen LogP contribution in [0.5, 0.6) is 0 Å². The molecule has 3 aliphatic rings. The third-order valence-corrected chi connectivity index (χ3v) is 7.94. The molecule has 0 amide bonds. The summed E-state index contributed by atoms with van der Waals surface area (Å²) in [6.45, 7) is 3.88. The Morgan fingerprint density at radius 3 is 2.49 bits per heavy atom. The van der Waals surface area contributed by atoms with Crippen LogP contribution in [0.25, 0.3) is 0 Å². The minimum atomic E-state index is -1.06. The van der Waals surface area contributed by atoms with Gasteiger partial charge in [0.1, 0.15) is 36.3 Å². The number of carbonyl (C=O) groups excluding carboxylic acids is 1. The summed E-state index contributed by atoms with van der Waals surface area (Å²) in [6, 6.07) is 6.75. The first-order chi connectivity index (χ1) is 17.7. The van der Waals surface area contributed by atoms with E-state index in [1.54, 1.807) is 24.3 Å². The SMILES string of the molecule is C=C(Br)C[C@@H](CCC(=O)C[C@H]1O[C@H]2[C@@H](O)[C@H]3O[C@@H](CCO)CC[C@@H]3O[C@H]2[C@H]1O)c1ccccc1C(=O)O. The van der Waals surface area contributed by atoms with Gasteiger partial charge in [-0.1, -0.05) is 40.7 Å². The zero-order valence-corrected chi connectivity index (χ0v) is 22.2. The molecule has 3 aliphatic heterocycles. The molecule has 0 saturated carbocycles. The molecular formula is C27H35BrO9. The first-order valence-electron chi connectivity index (χ1n) is 12.8. The zero-order valence-electron chi connectivity index (χ0n) is 20.6. The Morgan fingerprint density at radius 2 is 1.78 bits per heavy atom. The number of ether oxygens (including phenoxy) is 3. The number of allylic oxidation sites excluding steroid dienone is 1. The van der Waals surface area contributed by atoms with Crippen LogP contribution in [0.1, 0.15) is 66.8 Å². The third-order valence-electron chi connectivity index (χ3n) is 7.62. The second kappa shape index (κ2) is 12.5. The Morgan fingerprint density at radius 1 is 1.05 bits per heavy atom. The number of ketones is 1. The lowest BCUT2D eigenvalue weighted by atomic mass is 9.86. The summed E-state index contributed by atoms with van der Waals surface area (Å²) in [4.78, 5) is 24.7. The maximum Gasteiger partial charge on any atom is 0.335 e. The van der Waals surface area contributed by atoms with Crippen molar-refractivity contribution < 1.29 is 44.2 Å². The highest BCUT2D eigenvalue weighted by molar-refractivity contribution is 9.11. The molecule has 3 fully saturated rings. The van der Waals surface area contributed by atoms with Gasteiger partial charge in [0.15, 0.2) is 0 Å². The van der Waals surface area contributed by atoms with Crippen molar-refractivity contribution in [2.45, 2.75) is 99.7 Å². The summed E-state index contributed by atoms with van der Waals surface area (Å²) in [5, 5.41) is 40.6. The normalized spacial score (nSPS) is 33.8. The number of halogens is 1. The van der Waals surface area contributed by atoms with E-state index in [2.05, 4.69) is 22.5 Å². The number of carbonyl (C=O) groups is 2. The monoisotopic (exact) mass is 582 g/mol. The minimum absolute atomic E-state index is 0.00302. The van der Waals surface area contributed by atoms with Gasteiger partial charge in [-0.2, -0.15) is 0 Å². The number of aliphatic hydroxyl groups excluding tert-OH is 3. The van der Waals surface area contributed by atoms with Gasteiger partial charge in [0.05, 0.1) is 23.9 Å². The lowest BCUT2D eigenvalue weighted by Gasteiger charge is -2.46. The fourth-order valence-electron chi connectivity index (χ4n) is 5.79. The molecule has 37 heavy (non-hydrogen) atoms. The number of aliphatic hydroxyl groups is 3. The van der Waals surface area contributed by atoms with Crippen molar-refractivity contribution in [3.63, 3.8) is 0 Å². The van der Waals surface area contributed by atoms with E-state index in [1.165, 1.54) is 0 Å². The fourth-order valence-corrected chi connectivity index (χ4v) is 6.19. The number of carboxylic acid groups (broad SMARTS) is 1. The number of carboxylic acids is 1. The van der Waals surface area contributed by atoms with Crippen molar-refractivity contribution in [2.24, 2.45) is 0 Å². The van der Waals surface area contributed by atoms with Crippen molar-refractivity contribution in [1.29, 1.82) is 0 Å². The van der Waals surface area contributed by atoms with Crippen LogP contribution >= 0.6 is 15.9 Å². The Kier molecular flexibility index (Phi) is 9.55. The largest absolute Gasteiger partial charge is 0.478 e. The van der Waals surface area contributed by atoms with E-state index in [0.717, 1.165) is 0 Å². The van der Waals surface area contributed by atoms with Gasteiger partial charge in [0, 0.05) is 19.4 Å². The van der Waals surface area contributed by atoms with E-state index in [-0.39, 0.29) is 48.9 Å². The Bertz CT molecular complexity index is 984. The molecule has 1 aromatic carbocycles. The smallest absolute Gasteiger partial charge is 0.335 e. The molecule has 3 heterocycles. The number of aromatic carboxylic acids is 1. The van der Waals surface area contributed by atoms with Gasteiger partial charge in [-0.3, -0.25) is 4.79 Å². The minimum Gasteiger partial charge on any atom is -0.478 e. The molecule has 10 heteroatoms. The van der Waals surface area contributed by atoms with Crippen LogP contribution in [0, 0.1) is 0 Å². The highest BCUT2D eigenvalue weighted by Crippen LogP contribution is 2.40. The average molecular weight is 583 g/mol. The van der Waals surface area contributed by atoms with E-state index >= 15 is 0 Å². The van der Waals surface area contributed by atoms with Crippen molar-refractivity contribution in [2.75, 3.05) is 6.61 Å². The summed E-state index contributed by atoms with van der Waals surface area (Å²) < 4.78 is 18.7. The second-order valence-electron chi connectivity index (χ2n) is 10.2. The van der Waals surface area contributed by atoms with Crippen LogP contribution in [0.2, 0.25) is 0 Å². The van der Waals surface area contributed by atoms with Gasteiger partial charge in [-0.05, 0) is 54.1 Å². The quantitative estimate of drug-likeness (QED) is 0.309. The molecule has 1 aromatic rings. The van der Waals surface area contributed by atoms with Crippen LogP contribution in [0.15, 0.2) is 35.3 Å². The van der Waals surface area contributed by atoms with Crippen LogP contribution in [0.3, 0.4) is 0 Å². The number of Topliss-reactive ketones (excluding diaryl/α,β-unsaturated/α-hetero) is 1. The van der Waals surface area contributed by atoms with Crippen LogP contribution in [-0.2, 0) is 19.0 Å². The Balaban J connectivity index is 1.37. The number of benzene rings is 1. The highest BCUT2D eigenvalue weighted by Gasteiger charge is 2.56. The van der Waals surface area contributed by atoms with Gasteiger partial charge >= 0.3 is 5.97 Å². The molecule has 204 valence electrons. The molecule has 9 nitrogen and oxygen atoms in total. The van der Waals surface area contributed by atoms with Crippen molar-refractivity contribution in [3.8, 4) is 0 Å². The number of hydrogen-bond donors (Lipinski definition) is 4. The highest BCUT2D eigenvalue weighted by atomic mass is 79.9. The predicted molar refractivity (Wildman–Crippen MR) is 137 cm³/mol. The first kappa shape index (κ1) is 28.4. The van der Waals surface area contributed by atoms with Crippen molar-refractivity contribution in [1.82, 2.24) is 0 Å². The summed E-state index contributed by atoms with van der Waals surface area (Å²) in [6.07, 6.45) is -2.80. The van der Waals surface area contributed by atoms with Crippen molar-refractivity contribution in [3.05, 3.63) is 46.5 Å². The fraction of sp³-hybridized carbons (Fsp3) is 0.630. The van der Waals surface area contributed by atoms with Gasteiger partial charge in [-0.25, -0.2) is 4.79 Å². The summed E-state index contributed by atoms with van der Waals surface area (Å²) in [5.41, 5.74) is 0.841. The molecular weight excluding hydrogens is 548 g/mol. The molecule has 0 spiro atoms. The van der Waals surface area contributed by atoms with E-state index in [0.29, 0.717) is 42.1 Å². The van der Waals surface area contributed by atoms with Gasteiger partial charge in [-0.15, -0.1) is 0 Å². The molecule has 0 bridgehead atoms. The molecule has 0 radical (unpaired) electrons. The maximum absolute atomic E-state index is 12.9. The average Bonchev–Trinajstić information content (AvgIpc) is 3.17. The maximum atomic E-state index is 12.9. The summed E-state index contributed by atoms with van der Waals surface area (Å²) >= 11 is 3.36. The number of rotatable bonds is 11. The van der Waals surface area contributed by atoms with E-state index in [4.69, 9.17) is 14.2 Å². The second-order valence-corrected chi connectivity index (χ2v) is 11.3. The zero-order chi connectivity index (χ0) is 26.7. The molecule has 0 aliphatic carbocycles. The van der Waals surface area contributed by atoms with E-state index in [1.807, 2.05) is 0 Å². The predicted octanol–water partition coefficient (Wildman–Crippen LogP) is 2.69. The molecule has 4 N–H and O–H groups in total. The Labute approximate surface area is 224 Å². The van der Waals surface area contributed by atoms with Gasteiger partial charge in [0.25, 0.3) is 0 Å². The van der Waals surface area contributed by atoms with Gasteiger partial charge < -0.3 is 34.6 Å². The van der Waals surface area contributed by atoms with Gasteiger partial charge in [0.2, 0.25) is 0 Å². The lowest BCUT2D eigenvalue weighted by molar-refractivity contribution is -0.260. The lowest BCUT2D eigenvalue weighted by Crippen LogP contribution is -2.61. The standard InChI is InChI=1S/C27H35BrO9/c1-14(28)12-15(18-4-2-3-5-19(18)27(33)34)6-7-16(30)13-21-22(31)25-26(37-21)23(32)24-20(36-25)9-8-17(35-24)10-11-29/h2-5,15,17,20-26,29,31-32H,1,6-13H2,(H,33,34)/t15-,17-,20+,21-,22+,23+,24+,25+,26+/m1/s1. The molecule has 0 unspecified atom stereocenters. The van der Waals surface area contributed by atoms with Crippen LogP contribution in [-0.4, -0.2) is 87.6 Å². The summed E-state index contributed by atoms with van der Waals surface area (Å²) in [5.74, 6) is -1.38. The van der Waals surface area contributed by atoms with Crippen LogP contribution < -0.4 is 0 Å². The molecule has 3 saturated heterocycles.